The summed E-state index contributed by atoms with van der Waals surface area (Å²) in [5, 5.41) is 3.27. The zero-order valence-corrected chi connectivity index (χ0v) is 13.4. The van der Waals surface area contributed by atoms with Crippen molar-refractivity contribution in [2.24, 2.45) is 0 Å². The standard InChI is InChI=1S/C16H27N3O2/c1-4-10-17-14(16(20)21-3)9-11-19-12(2)18-13-7-5-6-8-15(13)19/h14,17H,4-11H2,1-3H3. The van der Waals surface area contributed by atoms with Crippen molar-refractivity contribution in [2.45, 2.75) is 65.0 Å². The normalized spacial score (nSPS) is 15.6. The molecule has 1 aliphatic carbocycles. The molecule has 5 nitrogen and oxygen atoms in total. The molecule has 1 unspecified atom stereocenters. The summed E-state index contributed by atoms with van der Waals surface area (Å²) in [6, 6.07) is -0.226. The minimum Gasteiger partial charge on any atom is -0.468 e. The molecule has 0 aromatic carbocycles. The van der Waals surface area contributed by atoms with Gasteiger partial charge in [0.25, 0.3) is 0 Å². The molecule has 0 fully saturated rings. The van der Waals surface area contributed by atoms with Gasteiger partial charge in [0.2, 0.25) is 0 Å². The van der Waals surface area contributed by atoms with Crippen LogP contribution >= 0.6 is 0 Å². The molecule has 0 aliphatic heterocycles. The highest BCUT2D eigenvalue weighted by Crippen LogP contribution is 2.22. The third-order valence-electron chi connectivity index (χ3n) is 4.19. The maximum absolute atomic E-state index is 11.8. The topological polar surface area (TPSA) is 56.2 Å². The Labute approximate surface area is 127 Å². The van der Waals surface area contributed by atoms with Gasteiger partial charge in [0.05, 0.1) is 12.8 Å². The molecule has 1 N–H and O–H groups in total. The third kappa shape index (κ3) is 3.84. The number of ether oxygens (including phenoxy) is 1. The van der Waals surface area contributed by atoms with Gasteiger partial charge in [-0.3, -0.25) is 4.79 Å². The van der Waals surface area contributed by atoms with Crippen LogP contribution in [0, 0.1) is 6.92 Å². The second-order valence-electron chi connectivity index (χ2n) is 5.73. The molecule has 1 aliphatic rings. The third-order valence-corrected chi connectivity index (χ3v) is 4.19. The number of aryl methyl sites for hydroxylation is 2. The van der Waals surface area contributed by atoms with Crippen molar-refractivity contribution in [1.29, 1.82) is 0 Å². The van der Waals surface area contributed by atoms with Crippen molar-refractivity contribution in [3.05, 3.63) is 17.2 Å². The molecule has 2 rings (SSSR count). The van der Waals surface area contributed by atoms with E-state index in [-0.39, 0.29) is 12.0 Å². The van der Waals surface area contributed by atoms with E-state index in [9.17, 15) is 4.79 Å². The van der Waals surface area contributed by atoms with Crippen molar-refractivity contribution < 1.29 is 9.53 Å². The van der Waals surface area contributed by atoms with Gasteiger partial charge in [-0.1, -0.05) is 6.92 Å². The van der Waals surface area contributed by atoms with Crippen LogP contribution in [0.25, 0.3) is 0 Å². The van der Waals surface area contributed by atoms with Gasteiger partial charge in [-0.25, -0.2) is 4.98 Å². The first-order valence-electron chi connectivity index (χ1n) is 8.03. The largest absolute Gasteiger partial charge is 0.468 e. The number of methoxy groups -OCH3 is 1. The van der Waals surface area contributed by atoms with E-state index < -0.39 is 0 Å². The number of esters is 1. The first-order chi connectivity index (χ1) is 10.2. The smallest absolute Gasteiger partial charge is 0.322 e. The molecule has 0 amide bonds. The van der Waals surface area contributed by atoms with Crippen molar-refractivity contribution in [2.75, 3.05) is 13.7 Å². The van der Waals surface area contributed by atoms with Gasteiger partial charge in [-0.05, 0) is 52.0 Å². The molecule has 0 spiro atoms. The van der Waals surface area contributed by atoms with E-state index in [1.54, 1.807) is 0 Å². The van der Waals surface area contributed by atoms with Crippen LogP contribution in [0.1, 0.15) is 49.8 Å². The van der Waals surface area contributed by atoms with Crippen molar-refractivity contribution in [3.63, 3.8) is 0 Å². The number of nitrogens with one attached hydrogen (secondary N) is 1. The number of rotatable bonds is 7. The molecule has 21 heavy (non-hydrogen) atoms. The number of imidazole rings is 1. The van der Waals surface area contributed by atoms with Crippen molar-refractivity contribution >= 4 is 5.97 Å². The monoisotopic (exact) mass is 293 g/mol. The van der Waals surface area contributed by atoms with E-state index in [0.29, 0.717) is 0 Å². The fraction of sp³-hybridized carbons (Fsp3) is 0.750. The summed E-state index contributed by atoms with van der Waals surface area (Å²) < 4.78 is 7.19. The van der Waals surface area contributed by atoms with E-state index in [2.05, 4.69) is 28.7 Å². The Bertz CT molecular complexity index is 482. The molecular formula is C16H27N3O2. The summed E-state index contributed by atoms with van der Waals surface area (Å²) >= 11 is 0. The highest BCUT2D eigenvalue weighted by atomic mass is 16.5. The van der Waals surface area contributed by atoms with Crippen LogP contribution in [0.5, 0.6) is 0 Å². The van der Waals surface area contributed by atoms with Gasteiger partial charge in [0.15, 0.2) is 0 Å². The highest BCUT2D eigenvalue weighted by molar-refractivity contribution is 5.75. The first kappa shape index (κ1) is 16.0. The van der Waals surface area contributed by atoms with Crippen LogP contribution in [0.4, 0.5) is 0 Å². The van der Waals surface area contributed by atoms with E-state index in [1.165, 1.54) is 31.3 Å². The molecule has 118 valence electrons. The number of carbonyl (C=O) groups is 1. The Morgan fingerprint density at radius 2 is 2.19 bits per heavy atom. The van der Waals surface area contributed by atoms with E-state index >= 15 is 0 Å². The number of fused-ring (bicyclic) bond motifs is 1. The molecule has 1 aromatic heterocycles. The zero-order valence-electron chi connectivity index (χ0n) is 13.4. The lowest BCUT2D eigenvalue weighted by Gasteiger charge is -2.19. The summed E-state index contributed by atoms with van der Waals surface area (Å²) in [6.45, 7) is 5.81. The van der Waals surface area contributed by atoms with Gasteiger partial charge in [0.1, 0.15) is 11.9 Å². The van der Waals surface area contributed by atoms with Crippen molar-refractivity contribution in [1.82, 2.24) is 14.9 Å². The number of hydrogen-bond acceptors (Lipinski definition) is 4. The fourth-order valence-corrected chi connectivity index (χ4v) is 3.05. The minimum absolute atomic E-state index is 0.171. The SMILES string of the molecule is CCCNC(CCn1c(C)nc2c1CCCC2)C(=O)OC. The molecule has 0 bridgehead atoms. The van der Waals surface area contributed by atoms with Gasteiger partial charge in [-0.15, -0.1) is 0 Å². The van der Waals surface area contributed by atoms with Crippen molar-refractivity contribution in [3.8, 4) is 0 Å². The average molecular weight is 293 g/mol. The first-order valence-corrected chi connectivity index (χ1v) is 8.03. The summed E-state index contributed by atoms with van der Waals surface area (Å²) in [5.74, 6) is 0.899. The van der Waals surface area contributed by atoms with Gasteiger partial charge in [0, 0.05) is 12.2 Å². The van der Waals surface area contributed by atoms with Gasteiger partial charge >= 0.3 is 5.97 Å². The van der Waals surface area contributed by atoms with Crippen LogP contribution in [-0.4, -0.2) is 35.2 Å². The van der Waals surface area contributed by atoms with Crippen LogP contribution in [-0.2, 0) is 28.9 Å². The summed E-state index contributed by atoms with van der Waals surface area (Å²) in [6.07, 6.45) is 6.45. The number of hydrogen-bond donors (Lipinski definition) is 1. The van der Waals surface area contributed by atoms with Gasteiger partial charge < -0.3 is 14.6 Å². The lowest BCUT2D eigenvalue weighted by molar-refractivity contribution is -0.143. The second kappa shape index (κ2) is 7.59. The van der Waals surface area contributed by atoms with Crippen LogP contribution in [0.3, 0.4) is 0 Å². The van der Waals surface area contributed by atoms with Crippen LogP contribution < -0.4 is 5.32 Å². The molecule has 0 saturated heterocycles. The Morgan fingerprint density at radius 3 is 2.90 bits per heavy atom. The van der Waals surface area contributed by atoms with Crippen LogP contribution in [0.2, 0.25) is 0 Å². The summed E-state index contributed by atoms with van der Waals surface area (Å²) in [4.78, 5) is 16.5. The van der Waals surface area contributed by atoms with E-state index in [1.807, 2.05) is 0 Å². The van der Waals surface area contributed by atoms with E-state index in [4.69, 9.17) is 4.74 Å². The molecule has 1 atom stereocenters. The second-order valence-corrected chi connectivity index (χ2v) is 5.73. The maximum Gasteiger partial charge on any atom is 0.322 e. The molecule has 0 radical (unpaired) electrons. The molecule has 1 heterocycles. The number of aromatic nitrogens is 2. The predicted octanol–water partition coefficient (Wildman–Crippen LogP) is 2.00. The molecular weight excluding hydrogens is 266 g/mol. The van der Waals surface area contributed by atoms with E-state index in [0.717, 1.165) is 44.6 Å². The zero-order chi connectivity index (χ0) is 15.2. The molecule has 0 saturated carbocycles. The highest BCUT2D eigenvalue weighted by Gasteiger charge is 2.21. The lowest BCUT2D eigenvalue weighted by Crippen LogP contribution is -2.39. The summed E-state index contributed by atoms with van der Waals surface area (Å²) in [5.41, 5.74) is 2.63. The Kier molecular flexibility index (Phi) is 5.79. The quantitative estimate of drug-likeness (QED) is 0.781. The molecule has 5 heteroatoms. The minimum atomic E-state index is -0.226. The number of carbonyl (C=O) groups excluding carboxylic acids is 1. The fourth-order valence-electron chi connectivity index (χ4n) is 3.05. The Hall–Kier alpha value is -1.36. The maximum atomic E-state index is 11.8. The number of nitrogens with zero attached hydrogens (tertiary/aromatic N) is 2. The van der Waals surface area contributed by atoms with Gasteiger partial charge in [-0.2, -0.15) is 0 Å². The average Bonchev–Trinajstić information content (AvgIpc) is 2.82. The molecule has 1 aromatic rings. The summed E-state index contributed by atoms with van der Waals surface area (Å²) in [7, 11) is 1.45. The lowest BCUT2D eigenvalue weighted by atomic mass is 10.0. The predicted molar refractivity (Wildman–Crippen MR) is 82.3 cm³/mol. The van der Waals surface area contributed by atoms with Crippen LogP contribution in [0.15, 0.2) is 0 Å². The Balaban J connectivity index is 2.03. The Morgan fingerprint density at radius 1 is 1.43 bits per heavy atom.